The largest absolute Gasteiger partial charge is 0.467 e. The normalized spacial score (nSPS) is 21.6. The first-order valence-corrected chi connectivity index (χ1v) is 7.86. The van der Waals surface area contributed by atoms with Crippen LogP contribution in [0, 0.1) is 0 Å². The molecule has 0 aliphatic carbocycles. The topological polar surface area (TPSA) is 29.5 Å². The van der Waals surface area contributed by atoms with Crippen molar-refractivity contribution in [1.29, 1.82) is 0 Å². The third-order valence-electron chi connectivity index (χ3n) is 4.41. The smallest absolute Gasteiger partial charge is 0.328 e. The van der Waals surface area contributed by atoms with E-state index in [1.165, 1.54) is 12.7 Å². The van der Waals surface area contributed by atoms with Crippen molar-refractivity contribution in [3.05, 3.63) is 28.8 Å². The van der Waals surface area contributed by atoms with Gasteiger partial charge in [-0.2, -0.15) is 0 Å². The number of hydrogen-bond donors (Lipinski definition) is 0. The standard InChI is InChI=1S/C17H24ClNO2/c1-6-14(16(20)21-5)19-15-8-7-12(18)9-13(15)11(2)10-17(19,3)4/h7-9,11,14H,6,10H2,1-5H3. The van der Waals surface area contributed by atoms with Gasteiger partial charge < -0.3 is 9.64 Å². The van der Waals surface area contributed by atoms with Crippen molar-refractivity contribution in [2.24, 2.45) is 0 Å². The Morgan fingerprint density at radius 3 is 2.76 bits per heavy atom. The summed E-state index contributed by atoms with van der Waals surface area (Å²) < 4.78 is 5.01. The molecule has 1 aliphatic heterocycles. The second-order valence-corrected chi connectivity index (χ2v) is 6.87. The molecule has 3 nitrogen and oxygen atoms in total. The van der Waals surface area contributed by atoms with Crippen LogP contribution in [0.15, 0.2) is 18.2 Å². The lowest BCUT2D eigenvalue weighted by Gasteiger charge is -2.50. The van der Waals surface area contributed by atoms with E-state index >= 15 is 0 Å². The quantitative estimate of drug-likeness (QED) is 0.776. The summed E-state index contributed by atoms with van der Waals surface area (Å²) in [4.78, 5) is 14.4. The summed E-state index contributed by atoms with van der Waals surface area (Å²) in [6.45, 7) is 8.61. The van der Waals surface area contributed by atoms with Crippen molar-refractivity contribution >= 4 is 23.3 Å². The fourth-order valence-corrected chi connectivity index (χ4v) is 3.78. The molecule has 0 amide bonds. The molecule has 0 spiro atoms. The van der Waals surface area contributed by atoms with E-state index < -0.39 is 0 Å². The number of esters is 1. The molecule has 2 atom stereocenters. The average Bonchev–Trinajstić information content (AvgIpc) is 2.42. The molecular formula is C17H24ClNO2. The zero-order chi connectivity index (χ0) is 15.8. The first-order valence-electron chi connectivity index (χ1n) is 7.48. The highest BCUT2D eigenvalue weighted by atomic mass is 35.5. The lowest BCUT2D eigenvalue weighted by molar-refractivity contribution is -0.142. The van der Waals surface area contributed by atoms with Crippen molar-refractivity contribution in [2.75, 3.05) is 12.0 Å². The van der Waals surface area contributed by atoms with Crippen molar-refractivity contribution < 1.29 is 9.53 Å². The summed E-state index contributed by atoms with van der Waals surface area (Å²) in [5.41, 5.74) is 2.21. The van der Waals surface area contributed by atoms with Gasteiger partial charge in [0.05, 0.1) is 7.11 Å². The highest BCUT2D eigenvalue weighted by molar-refractivity contribution is 6.30. The van der Waals surface area contributed by atoms with E-state index in [-0.39, 0.29) is 17.6 Å². The Kier molecular flexibility index (Phi) is 4.52. The molecule has 2 rings (SSSR count). The number of fused-ring (bicyclic) bond motifs is 1. The van der Waals surface area contributed by atoms with Gasteiger partial charge in [-0.1, -0.05) is 25.4 Å². The van der Waals surface area contributed by atoms with E-state index in [4.69, 9.17) is 16.3 Å². The number of carbonyl (C=O) groups is 1. The van der Waals surface area contributed by atoms with Crippen molar-refractivity contribution in [2.45, 2.75) is 58.0 Å². The van der Waals surface area contributed by atoms with Gasteiger partial charge in [0, 0.05) is 16.2 Å². The van der Waals surface area contributed by atoms with Gasteiger partial charge in [0.15, 0.2) is 0 Å². The Morgan fingerprint density at radius 1 is 1.52 bits per heavy atom. The van der Waals surface area contributed by atoms with Crippen molar-refractivity contribution in [3.8, 4) is 0 Å². The SMILES string of the molecule is CCC(C(=O)OC)N1c2ccc(Cl)cc2C(C)CC1(C)C. The predicted molar refractivity (Wildman–Crippen MR) is 87.1 cm³/mol. The van der Waals surface area contributed by atoms with Gasteiger partial charge in [0.1, 0.15) is 6.04 Å². The lowest BCUT2D eigenvalue weighted by atomic mass is 9.79. The Hall–Kier alpha value is -1.22. The number of hydrogen-bond acceptors (Lipinski definition) is 3. The molecule has 116 valence electrons. The number of nitrogens with zero attached hydrogens (tertiary/aromatic N) is 1. The number of carbonyl (C=O) groups excluding carboxylic acids is 1. The molecule has 0 bridgehead atoms. The summed E-state index contributed by atoms with van der Waals surface area (Å²) in [6, 6.07) is 5.68. The number of benzene rings is 1. The van der Waals surface area contributed by atoms with Gasteiger partial charge >= 0.3 is 5.97 Å². The van der Waals surface area contributed by atoms with Gasteiger partial charge in [-0.3, -0.25) is 0 Å². The molecule has 0 aromatic heterocycles. The molecular weight excluding hydrogens is 286 g/mol. The Labute approximate surface area is 132 Å². The Balaban J connectivity index is 2.57. The van der Waals surface area contributed by atoms with Crippen LogP contribution in [0.2, 0.25) is 5.02 Å². The molecule has 1 aromatic rings. The van der Waals surface area contributed by atoms with Gasteiger partial charge in [0.25, 0.3) is 0 Å². The lowest BCUT2D eigenvalue weighted by Crippen LogP contribution is -2.56. The Bertz CT molecular complexity index is 542. The van der Waals surface area contributed by atoms with Crippen LogP contribution in [0.4, 0.5) is 5.69 Å². The summed E-state index contributed by atoms with van der Waals surface area (Å²) >= 11 is 6.15. The minimum Gasteiger partial charge on any atom is -0.467 e. The fraction of sp³-hybridized carbons (Fsp3) is 0.588. The second kappa shape index (κ2) is 5.88. The number of anilines is 1. The number of halogens is 1. The zero-order valence-electron chi connectivity index (χ0n) is 13.4. The first kappa shape index (κ1) is 16.2. The third-order valence-corrected chi connectivity index (χ3v) is 4.64. The van der Waals surface area contributed by atoms with E-state index in [1.54, 1.807) is 0 Å². The average molecular weight is 310 g/mol. The van der Waals surface area contributed by atoms with E-state index in [0.717, 1.165) is 17.1 Å². The molecule has 4 heteroatoms. The van der Waals surface area contributed by atoms with Gasteiger partial charge in [0.2, 0.25) is 0 Å². The van der Waals surface area contributed by atoms with Crippen LogP contribution < -0.4 is 4.90 Å². The van der Waals surface area contributed by atoms with Crippen LogP contribution in [0.25, 0.3) is 0 Å². The molecule has 0 saturated heterocycles. The fourth-order valence-electron chi connectivity index (χ4n) is 3.60. The van der Waals surface area contributed by atoms with Crippen LogP contribution in [-0.4, -0.2) is 24.7 Å². The summed E-state index contributed by atoms with van der Waals surface area (Å²) in [5.74, 6) is 0.237. The zero-order valence-corrected chi connectivity index (χ0v) is 14.2. The summed E-state index contributed by atoms with van der Waals surface area (Å²) in [6.07, 6.45) is 1.69. The summed E-state index contributed by atoms with van der Waals surface area (Å²) in [5, 5.41) is 0.742. The second-order valence-electron chi connectivity index (χ2n) is 6.44. The molecule has 1 aromatic carbocycles. The number of methoxy groups -OCH3 is 1. The van der Waals surface area contributed by atoms with Crippen LogP contribution >= 0.6 is 11.6 Å². The van der Waals surface area contributed by atoms with Crippen molar-refractivity contribution in [3.63, 3.8) is 0 Å². The molecule has 1 heterocycles. The molecule has 21 heavy (non-hydrogen) atoms. The highest BCUT2D eigenvalue weighted by Crippen LogP contribution is 2.45. The molecule has 2 unspecified atom stereocenters. The molecule has 0 saturated carbocycles. The van der Waals surface area contributed by atoms with Gasteiger partial charge in [-0.15, -0.1) is 0 Å². The van der Waals surface area contributed by atoms with Crippen LogP contribution in [0.1, 0.15) is 52.0 Å². The van der Waals surface area contributed by atoms with E-state index in [9.17, 15) is 4.79 Å². The monoisotopic (exact) mass is 309 g/mol. The van der Waals surface area contributed by atoms with E-state index in [2.05, 4.69) is 25.7 Å². The van der Waals surface area contributed by atoms with Crippen LogP contribution in [0.5, 0.6) is 0 Å². The molecule has 0 fully saturated rings. The highest BCUT2D eigenvalue weighted by Gasteiger charge is 2.42. The number of ether oxygens (including phenoxy) is 1. The number of rotatable bonds is 3. The minimum atomic E-state index is -0.266. The molecule has 1 aliphatic rings. The van der Waals surface area contributed by atoms with Crippen LogP contribution in [0.3, 0.4) is 0 Å². The van der Waals surface area contributed by atoms with E-state index in [0.29, 0.717) is 12.3 Å². The summed E-state index contributed by atoms with van der Waals surface area (Å²) in [7, 11) is 1.45. The van der Waals surface area contributed by atoms with Gasteiger partial charge in [-0.25, -0.2) is 4.79 Å². The third kappa shape index (κ3) is 2.89. The minimum absolute atomic E-state index is 0.102. The Morgan fingerprint density at radius 2 is 2.19 bits per heavy atom. The first-order chi connectivity index (χ1) is 9.81. The molecule has 0 N–H and O–H groups in total. The van der Waals surface area contributed by atoms with Crippen molar-refractivity contribution in [1.82, 2.24) is 0 Å². The molecule has 0 radical (unpaired) electrons. The maximum absolute atomic E-state index is 12.2. The van der Waals surface area contributed by atoms with Gasteiger partial charge in [-0.05, 0) is 56.4 Å². The maximum Gasteiger partial charge on any atom is 0.328 e. The predicted octanol–water partition coefficient (Wildman–Crippen LogP) is 4.38. The van der Waals surface area contributed by atoms with E-state index in [1.807, 2.05) is 25.1 Å². The maximum atomic E-state index is 12.2. The van der Waals surface area contributed by atoms with Crippen LogP contribution in [-0.2, 0) is 9.53 Å².